The Kier molecular flexibility index (Phi) is 45.9. The van der Waals surface area contributed by atoms with Crippen molar-refractivity contribution in [3.8, 4) is 0 Å². The molecule has 0 rings (SSSR count). The van der Waals surface area contributed by atoms with Crippen molar-refractivity contribution < 1.29 is 37.3 Å². The quantitative estimate of drug-likeness (QED) is 0.0205. The monoisotopic (exact) mass is 972 g/mol. The van der Waals surface area contributed by atoms with E-state index >= 15 is 0 Å². The minimum atomic E-state index is -4.47. The summed E-state index contributed by atoms with van der Waals surface area (Å²) in [5.74, 6) is -0.655. The molecule has 0 radical (unpaired) electrons. The second-order valence-corrected chi connectivity index (χ2v) is 20.8. The standard InChI is InChI=1S/C58H103N2O7P/c1-7-10-13-16-19-22-25-28-29-30-31-33-35-38-41-44-47-50-57(61)59-55(54-66-68(63,64)65-53-52-60(4,5)6)56(49-46-43-40-37-34-27-24-21-18-15-12-9-3)67-58(62)51-48-45-42-39-36-32-26-23-20-17-14-11-8-2/h19,22,28-29,31-33,36,38,41-42,45-46,49,55-56H,7-18,20-21,23-27,30,34-35,37,39-40,43-44,47-48,50-54H2,1-6H3,(H-,59,61,63,64)/p+1/b22-19-,29-28-,33-31-,36-32-,41-38-,45-42+,49-46-. The Morgan fingerprint density at radius 3 is 1.40 bits per heavy atom. The summed E-state index contributed by atoms with van der Waals surface area (Å²) >= 11 is 0. The number of unbranched alkanes of at least 4 members (excludes halogenated alkanes) is 20. The number of esters is 1. The fraction of sp³-hybridized carbons (Fsp3) is 0.724. The number of rotatable bonds is 48. The molecule has 0 saturated heterocycles. The molecule has 1 amide bonds. The van der Waals surface area contributed by atoms with Gasteiger partial charge in [-0.2, -0.15) is 0 Å². The predicted octanol–water partition coefficient (Wildman–Crippen LogP) is 16.3. The van der Waals surface area contributed by atoms with Crippen LogP contribution in [-0.4, -0.2) is 74.3 Å². The van der Waals surface area contributed by atoms with Crippen molar-refractivity contribution in [3.63, 3.8) is 0 Å². The highest BCUT2D eigenvalue weighted by atomic mass is 31.2. The van der Waals surface area contributed by atoms with Gasteiger partial charge in [-0.3, -0.25) is 18.6 Å². The Labute approximate surface area is 418 Å². The summed E-state index contributed by atoms with van der Waals surface area (Å²) in [5, 5.41) is 2.99. The number of quaternary nitrogens is 1. The lowest BCUT2D eigenvalue weighted by Gasteiger charge is -2.27. The van der Waals surface area contributed by atoms with Gasteiger partial charge < -0.3 is 19.4 Å². The van der Waals surface area contributed by atoms with E-state index < -0.39 is 25.9 Å². The molecular weight excluding hydrogens is 868 g/mol. The normalized spacial score (nSPS) is 14.5. The van der Waals surface area contributed by atoms with E-state index in [1.165, 1.54) is 116 Å². The van der Waals surface area contributed by atoms with E-state index in [-0.39, 0.29) is 32.0 Å². The number of hydrogen-bond acceptors (Lipinski definition) is 6. The van der Waals surface area contributed by atoms with Crippen LogP contribution in [0.3, 0.4) is 0 Å². The number of carbonyl (C=O) groups excluding carboxylic acids is 2. The van der Waals surface area contributed by atoms with Crippen molar-refractivity contribution >= 4 is 19.7 Å². The van der Waals surface area contributed by atoms with Gasteiger partial charge in [0.15, 0.2) is 0 Å². The molecule has 0 aliphatic heterocycles. The predicted molar refractivity (Wildman–Crippen MR) is 291 cm³/mol. The van der Waals surface area contributed by atoms with E-state index in [4.69, 9.17) is 13.8 Å². The van der Waals surface area contributed by atoms with E-state index in [1.54, 1.807) is 0 Å². The summed E-state index contributed by atoms with van der Waals surface area (Å²) in [6.07, 6.45) is 61.7. The maximum atomic E-state index is 13.4. The van der Waals surface area contributed by atoms with Crippen molar-refractivity contribution in [2.24, 2.45) is 0 Å². The van der Waals surface area contributed by atoms with Crippen LogP contribution in [0.2, 0.25) is 0 Å². The number of nitrogens with one attached hydrogen (secondary N) is 1. The number of allylic oxidation sites excluding steroid dienone is 13. The third-order valence-electron chi connectivity index (χ3n) is 11.6. The number of ether oxygens (including phenoxy) is 1. The Hall–Kier alpha value is -2.81. The summed E-state index contributed by atoms with van der Waals surface area (Å²) < 4.78 is 30.4. The van der Waals surface area contributed by atoms with E-state index in [1.807, 2.05) is 39.4 Å². The van der Waals surface area contributed by atoms with E-state index in [9.17, 15) is 19.0 Å². The van der Waals surface area contributed by atoms with Crippen LogP contribution in [0.25, 0.3) is 0 Å². The molecule has 3 unspecified atom stereocenters. The largest absolute Gasteiger partial charge is 0.472 e. The Balaban J connectivity index is 5.56. The molecule has 0 heterocycles. The smallest absolute Gasteiger partial charge is 0.456 e. The molecule has 9 nitrogen and oxygen atoms in total. The van der Waals surface area contributed by atoms with Crippen LogP contribution >= 0.6 is 7.82 Å². The molecule has 0 aliphatic rings. The van der Waals surface area contributed by atoms with Gasteiger partial charge in [0.05, 0.1) is 33.8 Å². The number of amides is 1. The number of carbonyl (C=O) groups is 2. The van der Waals surface area contributed by atoms with Crippen LogP contribution < -0.4 is 5.32 Å². The topological polar surface area (TPSA) is 111 Å². The van der Waals surface area contributed by atoms with Crippen LogP contribution in [0.15, 0.2) is 85.1 Å². The van der Waals surface area contributed by atoms with Crippen LogP contribution in [0.5, 0.6) is 0 Å². The van der Waals surface area contributed by atoms with Crippen molar-refractivity contribution in [1.29, 1.82) is 0 Å². The van der Waals surface area contributed by atoms with Crippen molar-refractivity contribution in [3.05, 3.63) is 85.1 Å². The molecule has 0 aliphatic carbocycles. The highest BCUT2D eigenvalue weighted by molar-refractivity contribution is 7.47. The van der Waals surface area contributed by atoms with Crippen molar-refractivity contribution in [2.45, 2.75) is 232 Å². The first kappa shape index (κ1) is 65.2. The zero-order valence-corrected chi connectivity index (χ0v) is 45.5. The number of phosphoric acid groups is 1. The molecule has 0 aromatic carbocycles. The Morgan fingerprint density at radius 2 is 0.912 bits per heavy atom. The summed E-state index contributed by atoms with van der Waals surface area (Å²) in [5.41, 5.74) is 0. The van der Waals surface area contributed by atoms with E-state index in [2.05, 4.69) is 92.9 Å². The molecular formula is C58H104N2O7P+. The Morgan fingerprint density at radius 1 is 0.515 bits per heavy atom. The van der Waals surface area contributed by atoms with Gasteiger partial charge in [-0.25, -0.2) is 4.57 Å². The number of nitrogens with zero attached hydrogens (tertiary/aromatic N) is 1. The average molecular weight is 972 g/mol. The second-order valence-electron chi connectivity index (χ2n) is 19.4. The summed E-state index contributed by atoms with van der Waals surface area (Å²) in [6.45, 7) is 6.87. The van der Waals surface area contributed by atoms with Crippen LogP contribution in [-0.2, 0) is 27.9 Å². The molecule has 0 fully saturated rings. The Bertz CT molecular complexity index is 1440. The van der Waals surface area contributed by atoms with E-state index in [0.717, 1.165) is 57.8 Å². The number of phosphoric ester groups is 1. The van der Waals surface area contributed by atoms with Gasteiger partial charge in [0, 0.05) is 12.8 Å². The van der Waals surface area contributed by atoms with Gasteiger partial charge in [0.1, 0.15) is 19.3 Å². The van der Waals surface area contributed by atoms with Gasteiger partial charge in [-0.05, 0) is 89.5 Å². The van der Waals surface area contributed by atoms with Gasteiger partial charge >= 0.3 is 13.8 Å². The van der Waals surface area contributed by atoms with Crippen molar-refractivity contribution in [2.75, 3.05) is 40.9 Å². The van der Waals surface area contributed by atoms with E-state index in [0.29, 0.717) is 23.9 Å². The molecule has 392 valence electrons. The van der Waals surface area contributed by atoms with Gasteiger partial charge in [0.2, 0.25) is 5.91 Å². The first-order chi connectivity index (χ1) is 32.9. The highest BCUT2D eigenvalue weighted by Gasteiger charge is 2.30. The lowest BCUT2D eigenvalue weighted by atomic mass is 10.1. The first-order valence-corrected chi connectivity index (χ1v) is 28.9. The first-order valence-electron chi connectivity index (χ1n) is 27.4. The molecule has 10 heteroatoms. The highest BCUT2D eigenvalue weighted by Crippen LogP contribution is 2.43. The fourth-order valence-corrected chi connectivity index (χ4v) is 8.01. The lowest BCUT2D eigenvalue weighted by molar-refractivity contribution is -0.870. The summed E-state index contributed by atoms with van der Waals surface area (Å²) in [7, 11) is 1.43. The third kappa shape index (κ3) is 48.2. The van der Waals surface area contributed by atoms with Gasteiger partial charge in [-0.15, -0.1) is 0 Å². The minimum Gasteiger partial charge on any atom is -0.456 e. The maximum Gasteiger partial charge on any atom is 0.472 e. The van der Waals surface area contributed by atoms with Crippen LogP contribution in [0.4, 0.5) is 0 Å². The molecule has 3 atom stereocenters. The van der Waals surface area contributed by atoms with Gasteiger partial charge in [-0.1, -0.05) is 202 Å². The molecule has 0 bridgehead atoms. The van der Waals surface area contributed by atoms with Crippen LogP contribution in [0, 0.1) is 0 Å². The lowest BCUT2D eigenvalue weighted by Crippen LogP contribution is -2.47. The summed E-state index contributed by atoms with van der Waals surface area (Å²) in [6, 6.07) is -0.901. The molecule has 0 saturated carbocycles. The number of hydrogen-bond donors (Lipinski definition) is 2. The molecule has 2 N–H and O–H groups in total. The van der Waals surface area contributed by atoms with Gasteiger partial charge in [0.25, 0.3) is 0 Å². The minimum absolute atomic E-state index is 0.0192. The molecule has 0 aromatic heterocycles. The summed E-state index contributed by atoms with van der Waals surface area (Å²) in [4.78, 5) is 37.4. The van der Waals surface area contributed by atoms with Crippen molar-refractivity contribution in [1.82, 2.24) is 5.32 Å². The maximum absolute atomic E-state index is 13.4. The SMILES string of the molecule is CCCCC/C=C\C/C=C\C/C=C\C/C=C\CCCC(=O)NC(COP(=O)(O)OCC[N+](C)(C)C)C(/C=C\CCCCCCCCCCCC)OC(=O)CC/C=C/C/C=C\CCCCCCCC. The fourth-order valence-electron chi connectivity index (χ4n) is 7.28. The second kappa shape index (κ2) is 47.8. The molecule has 68 heavy (non-hydrogen) atoms. The molecule has 0 spiro atoms. The zero-order chi connectivity index (χ0) is 50.1. The average Bonchev–Trinajstić information content (AvgIpc) is 3.29. The number of likely N-dealkylation sites (N-methyl/N-ethyl adjacent to an activating group) is 1. The third-order valence-corrected chi connectivity index (χ3v) is 12.6. The zero-order valence-electron chi connectivity index (χ0n) is 44.6. The van der Waals surface area contributed by atoms with Crippen LogP contribution in [0.1, 0.15) is 220 Å². The molecule has 0 aromatic rings.